The number of ether oxygens (including phenoxy) is 3. The highest BCUT2D eigenvalue weighted by molar-refractivity contribution is 6.10. The zero-order valence-corrected chi connectivity index (χ0v) is 16.3. The van der Waals surface area contributed by atoms with Crippen molar-refractivity contribution in [2.24, 2.45) is 0 Å². The number of methoxy groups -OCH3 is 3. The van der Waals surface area contributed by atoms with E-state index in [0.29, 0.717) is 17.1 Å². The number of rotatable bonds is 6. The van der Waals surface area contributed by atoms with Crippen molar-refractivity contribution < 1.29 is 23.8 Å². The Bertz CT molecular complexity index is 839. The van der Waals surface area contributed by atoms with Crippen molar-refractivity contribution >= 4 is 11.9 Å². The predicted octanol–water partition coefficient (Wildman–Crippen LogP) is 3.12. The lowest BCUT2D eigenvalue weighted by Crippen LogP contribution is -2.60. The van der Waals surface area contributed by atoms with Crippen LogP contribution in [0.25, 0.3) is 0 Å². The molecule has 6 heteroatoms. The highest BCUT2D eigenvalue weighted by atomic mass is 16.5. The molecule has 1 fully saturated rings. The van der Waals surface area contributed by atoms with E-state index >= 15 is 0 Å². The van der Waals surface area contributed by atoms with E-state index in [4.69, 9.17) is 14.2 Å². The fraction of sp³-hybridized carbons (Fsp3) is 0.273. The van der Waals surface area contributed by atoms with E-state index in [1.54, 1.807) is 32.1 Å². The number of β-lactam (4-membered cyclic amide) rings is 1. The van der Waals surface area contributed by atoms with Gasteiger partial charge in [0, 0.05) is 5.57 Å². The SMILES string of the molecule is C/C=C1/C(=O)N(C(c2ccc(OC)cc2)c2ccc(OC)cc2)[C@@H]1C(=O)OC. The normalized spacial score (nSPS) is 17.5. The molecular formula is C22H23NO5. The maximum absolute atomic E-state index is 12.9. The van der Waals surface area contributed by atoms with Gasteiger partial charge in [-0.15, -0.1) is 0 Å². The Morgan fingerprint density at radius 1 is 0.929 bits per heavy atom. The van der Waals surface area contributed by atoms with Gasteiger partial charge in [0.1, 0.15) is 11.5 Å². The fourth-order valence-electron chi connectivity index (χ4n) is 3.45. The second-order valence-corrected chi connectivity index (χ2v) is 6.33. The summed E-state index contributed by atoms with van der Waals surface area (Å²) in [7, 11) is 4.52. The smallest absolute Gasteiger partial charge is 0.333 e. The van der Waals surface area contributed by atoms with Crippen LogP contribution in [-0.4, -0.2) is 44.1 Å². The molecule has 0 unspecified atom stereocenters. The Morgan fingerprint density at radius 3 is 1.75 bits per heavy atom. The highest BCUT2D eigenvalue weighted by Crippen LogP contribution is 2.40. The number of allylic oxidation sites excluding steroid dienone is 1. The van der Waals surface area contributed by atoms with E-state index in [1.165, 1.54) is 7.11 Å². The number of benzene rings is 2. The monoisotopic (exact) mass is 381 g/mol. The third-order valence-corrected chi connectivity index (χ3v) is 4.93. The lowest BCUT2D eigenvalue weighted by Gasteiger charge is -2.46. The summed E-state index contributed by atoms with van der Waals surface area (Å²) in [5.41, 5.74) is 2.17. The molecule has 1 heterocycles. The molecule has 0 aromatic heterocycles. The van der Waals surface area contributed by atoms with Gasteiger partial charge in [-0.1, -0.05) is 30.3 Å². The van der Waals surface area contributed by atoms with E-state index in [1.807, 2.05) is 48.5 Å². The third-order valence-electron chi connectivity index (χ3n) is 4.93. The van der Waals surface area contributed by atoms with Gasteiger partial charge in [-0.05, 0) is 42.3 Å². The molecule has 1 aliphatic heterocycles. The summed E-state index contributed by atoms with van der Waals surface area (Å²) in [6, 6.07) is 13.7. The summed E-state index contributed by atoms with van der Waals surface area (Å²) in [4.78, 5) is 26.8. The molecule has 0 bridgehead atoms. The van der Waals surface area contributed by atoms with Crippen LogP contribution in [-0.2, 0) is 14.3 Å². The lowest BCUT2D eigenvalue weighted by atomic mass is 9.86. The van der Waals surface area contributed by atoms with Gasteiger partial charge in [-0.3, -0.25) is 4.79 Å². The first-order chi connectivity index (χ1) is 13.5. The quantitative estimate of drug-likeness (QED) is 0.437. The predicted molar refractivity (Wildman–Crippen MR) is 104 cm³/mol. The van der Waals surface area contributed by atoms with Crippen LogP contribution in [0.4, 0.5) is 0 Å². The molecule has 28 heavy (non-hydrogen) atoms. The molecular weight excluding hydrogens is 358 g/mol. The summed E-state index contributed by atoms with van der Waals surface area (Å²) in [6.45, 7) is 1.75. The minimum atomic E-state index is -0.739. The first-order valence-electron chi connectivity index (χ1n) is 8.90. The molecule has 6 nitrogen and oxygen atoms in total. The summed E-state index contributed by atoms with van der Waals surface area (Å²) in [6.07, 6.45) is 1.67. The van der Waals surface area contributed by atoms with Gasteiger partial charge in [-0.25, -0.2) is 4.79 Å². The third kappa shape index (κ3) is 3.33. The van der Waals surface area contributed by atoms with Gasteiger partial charge in [-0.2, -0.15) is 0 Å². The summed E-state index contributed by atoms with van der Waals surface area (Å²) >= 11 is 0. The minimum absolute atomic E-state index is 0.186. The first kappa shape index (κ1) is 19.5. The Kier molecular flexibility index (Phi) is 5.68. The number of nitrogens with zero attached hydrogens (tertiary/aromatic N) is 1. The molecule has 0 saturated carbocycles. The van der Waals surface area contributed by atoms with Crippen molar-refractivity contribution in [1.29, 1.82) is 0 Å². The average molecular weight is 381 g/mol. The van der Waals surface area contributed by atoms with E-state index in [0.717, 1.165) is 11.1 Å². The number of carbonyl (C=O) groups is 2. The fourth-order valence-corrected chi connectivity index (χ4v) is 3.45. The summed E-state index contributed by atoms with van der Waals surface area (Å²) in [5.74, 6) is 0.783. The Hall–Kier alpha value is -3.28. The van der Waals surface area contributed by atoms with Crippen LogP contribution in [0.1, 0.15) is 24.1 Å². The number of amides is 1. The van der Waals surface area contributed by atoms with Crippen LogP contribution in [0, 0.1) is 0 Å². The van der Waals surface area contributed by atoms with Gasteiger partial charge in [0.25, 0.3) is 5.91 Å². The zero-order chi connectivity index (χ0) is 20.3. The first-order valence-corrected chi connectivity index (χ1v) is 8.90. The maximum Gasteiger partial charge on any atom is 0.333 e. The average Bonchev–Trinajstić information content (AvgIpc) is 2.75. The highest BCUT2D eigenvalue weighted by Gasteiger charge is 2.50. The van der Waals surface area contributed by atoms with Crippen LogP contribution < -0.4 is 9.47 Å². The maximum atomic E-state index is 12.9. The molecule has 0 radical (unpaired) electrons. The van der Waals surface area contributed by atoms with Crippen molar-refractivity contribution in [3.8, 4) is 11.5 Å². The lowest BCUT2D eigenvalue weighted by molar-refractivity contribution is -0.158. The van der Waals surface area contributed by atoms with Crippen molar-refractivity contribution in [2.75, 3.05) is 21.3 Å². The number of likely N-dealkylation sites (tertiary alicyclic amines) is 1. The van der Waals surface area contributed by atoms with Crippen LogP contribution in [0.15, 0.2) is 60.2 Å². The molecule has 0 aliphatic carbocycles. The van der Waals surface area contributed by atoms with E-state index in [9.17, 15) is 9.59 Å². The Morgan fingerprint density at radius 2 is 1.39 bits per heavy atom. The van der Waals surface area contributed by atoms with Crippen molar-refractivity contribution in [2.45, 2.75) is 19.0 Å². The molecule has 1 amide bonds. The Balaban J connectivity index is 2.09. The molecule has 2 aromatic carbocycles. The molecule has 146 valence electrons. The van der Waals surface area contributed by atoms with Crippen molar-refractivity contribution in [3.05, 3.63) is 71.3 Å². The standard InChI is InChI=1S/C22H23NO5/c1-5-18-20(22(25)28-4)23(21(18)24)19(14-6-10-16(26-2)11-7-14)15-8-12-17(27-3)13-9-15/h5-13,19-20H,1-4H3/b18-5+/t20-/m0/s1. The van der Waals surface area contributed by atoms with Crippen LogP contribution in [0.2, 0.25) is 0 Å². The van der Waals surface area contributed by atoms with Crippen LogP contribution >= 0.6 is 0 Å². The summed E-state index contributed by atoms with van der Waals surface area (Å²) in [5, 5.41) is 0. The number of hydrogen-bond donors (Lipinski definition) is 0. The second-order valence-electron chi connectivity index (χ2n) is 6.33. The molecule has 0 spiro atoms. The van der Waals surface area contributed by atoms with Crippen LogP contribution in [0.5, 0.6) is 11.5 Å². The van der Waals surface area contributed by atoms with Gasteiger partial charge in [0.05, 0.1) is 27.4 Å². The van der Waals surface area contributed by atoms with Gasteiger partial charge >= 0.3 is 5.97 Å². The minimum Gasteiger partial charge on any atom is -0.497 e. The second kappa shape index (κ2) is 8.17. The van der Waals surface area contributed by atoms with E-state index < -0.39 is 18.1 Å². The zero-order valence-electron chi connectivity index (χ0n) is 16.3. The van der Waals surface area contributed by atoms with Gasteiger partial charge in [0.2, 0.25) is 0 Å². The van der Waals surface area contributed by atoms with Crippen molar-refractivity contribution in [1.82, 2.24) is 4.90 Å². The largest absolute Gasteiger partial charge is 0.497 e. The molecule has 1 atom stereocenters. The number of esters is 1. The molecule has 2 aromatic rings. The molecule has 1 aliphatic rings. The van der Waals surface area contributed by atoms with Gasteiger partial charge in [0.15, 0.2) is 6.04 Å². The molecule has 3 rings (SSSR count). The van der Waals surface area contributed by atoms with Crippen molar-refractivity contribution in [3.63, 3.8) is 0 Å². The topological polar surface area (TPSA) is 65.1 Å². The molecule has 1 saturated heterocycles. The number of hydrogen-bond acceptors (Lipinski definition) is 5. The Labute approximate surface area is 164 Å². The van der Waals surface area contributed by atoms with Gasteiger partial charge < -0.3 is 19.1 Å². The van der Waals surface area contributed by atoms with E-state index in [-0.39, 0.29) is 5.91 Å². The summed E-state index contributed by atoms with van der Waals surface area (Å²) < 4.78 is 15.4. The number of carbonyl (C=O) groups excluding carboxylic acids is 2. The molecule has 0 N–H and O–H groups in total. The van der Waals surface area contributed by atoms with Crippen LogP contribution in [0.3, 0.4) is 0 Å². The van der Waals surface area contributed by atoms with E-state index in [2.05, 4.69) is 0 Å².